The second kappa shape index (κ2) is 3.94. The van der Waals surface area contributed by atoms with Crippen LogP contribution in [0.3, 0.4) is 0 Å². The van der Waals surface area contributed by atoms with Gasteiger partial charge in [-0.15, -0.1) is 0 Å². The molecular weight excluding hydrogens is 250 g/mol. The van der Waals surface area contributed by atoms with E-state index in [2.05, 4.69) is 16.0 Å². The van der Waals surface area contributed by atoms with Gasteiger partial charge < -0.3 is 4.98 Å². The summed E-state index contributed by atoms with van der Waals surface area (Å²) in [6, 6.07) is 2.11. The normalized spacial score (nSPS) is 37.9. The van der Waals surface area contributed by atoms with E-state index in [1.165, 1.54) is 19.3 Å². The molecule has 4 aliphatic rings. The second-order valence-electron chi connectivity index (χ2n) is 7.18. The molecule has 4 saturated carbocycles. The maximum atomic E-state index is 12.1. The second-order valence-corrected chi connectivity index (χ2v) is 7.18. The molecule has 20 heavy (non-hydrogen) atoms. The van der Waals surface area contributed by atoms with E-state index in [9.17, 15) is 10.1 Å². The Morgan fingerprint density at radius 3 is 2.25 bits per heavy atom. The highest BCUT2D eigenvalue weighted by Crippen LogP contribution is 2.60. The van der Waals surface area contributed by atoms with Crippen LogP contribution >= 0.6 is 0 Å². The Hall–Kier alpha value is -1.63. The van der Waals surface area contributed by atoms with Crippen LogP contribution in [-0.2, 0) is 5.41 Å². The highest BCUT2D eigenvalue weighted by Gasteiger charge is 2.53. The van der Waals surface area contributed by atoms with Gasteiger partial charge in [0.2, 0.25) is 0 Å². The molecule has 4 heteroatoms. The van der Waals surface area contributed by atoms with Crippen LogP contribution in [0.2, 0.25) is 0 Å². The topological polar surface area (TPSA) is 69.5 Å². The first-order chi connectivity index (χ1) is 9.59. The van der Waals surface area contributed by atoms with Gasteiger partial charge in [-0.2, -0.15) is 5.26 Å². The molecule has 0 unspecified atom stereocenters. The largest absolute Gasteiger partial charge is 0.310 e. The molecule has 0 saturated heterocycles. The third-order valence-corrected chi connectivity index (χ3v) is 5.69. The number of rotatable bonds is 1. The zero-order valence-electron chi connectivity index (χ0n) is 11.8. The fraction of sp³-hybridized carbons (Fsp3) is 0.688. The maximum absolute atomic E-state index is 12.1. The van der Waals surface area contributed by atoms with Crippen molar-refractivity contribution in [1.29, 1.82) is 5.26 Å². The molecule has 1 N–H and O–H groups in total. The molecule has 1 aromatic heterocycles. The molecule has 104 valence electrons. The van der Waals surface area contributed by atoms with Crippen molar-refractivity contribution < 1.29 is 0 Å². The van der Waals surface area contributed by atoms with Crippen molar-refractivity contribution >= 4 is 0 Å². The standard InChI is InChI=1S/C16H19N3O/c1-9-18-14(13(8-17)15(20)19-9)16-5-10-2-11(6-16)4-12(3-10)7-16/h10-12H,2-7H2,1H3,(H,18,19,20). The van der Waals surface area contributed by atoms with Crippen LogP contribution in [0.1, 0.15) is 55.6 Å². The molecule has 4 nitrogen and oxygen atoms in total. The van der Waals surface area contributed by atoms with Gasteiger partial charge >= 0.3 is 0 Å². The van der Waals surface area contributed by atoms with Gasteiger partial charge in [-0.25, -0.2) is 4.98 Å². The van der Waals surface area contributed by atoms with Gasteiger partial charge in [0, 0.05) is 5.41 Å². The van der Waals surface area contributed by atoms with Crippen LogP contribution in [0.4, 0.5) is 0 Å². The summed E-state index contributed by atoms with van der Waals surface area (Å²) in [6.45, 7) is 1.81. The third kappa shape index (κ3) is 1.59. The number of hydrogen-bond donors (Lipinski definition) is 1. The summed E-state index contributed by atoms with van der Waals surface area (Å²) in [5.74, 6) is 3.00. The number of nitrogens with one attached hydrogen (secondary N) is 1. The van der Waals surface area contributed by atoms with Crippen molar-refractivity contribution in [3.63, 3.8) is 0 Å². The van der Waals surface area contributed by atoms with E-state index in [0.717, 1.165) is 42.7 Å². The van der Waals surface area contributed by atoms with Crippen molar-refractivity contribution in [2.75, 3.05) is 0 Å². The van der Waals surface area contributed by atoms with Crippen LogP contribution in [0.5, 0.6) is 0 Å². The van der Waals surface area contributed by atoms with Crippen LogP contribution in [0, 0.1) is 36.0 Å². The number of nitrogens with zero attached hydrogens (tertiary/aromatic N) is 2. The summed E-state index contributed by atoms with van der Waals surface area (Å²) in [5, 5.41) is 9.38. The Kier molecular flexibility index (Phi) is 2.39. The molecule has 0 aromatic carbocycles. The van der Waals surface area contributed by atoms with Gasteiger partial charge in [0.05, 0.1) is 5.69 Å². The maximum Gasteiger partial charge on any atom is 0.269 e. The summed E-state index contributed by atoms with van der Waals surface area (Å²) in [5.41, 5.74) is 0.822. The van der Waals surface area contributed by atoms with Crippen molar-refractivity contribution in [1.82, 2.24) is 9.97 Å². The average molecular weight is 269 g/mol. The summed E-state index contributed by atoms with van der Waals surface area (Å²) in [6.07, 6.45) is 7.44. The molecule has 0 aliphatic heterocycles. The SMILES string of the molecule is Cc1nc(C23CC4CC(CC(C4)C2)C3)c(C#N)c(=O)[nH]1. The highest BCUT2D eigenvalue weighted by atomic mass is 16.1. The minimum atomic E-state index is -0.259. The number of hydrogen-bond acceptors (Lipinski definition) is 3. The molecule has 5 rings (SSSR count). The molecular formula is C16H19N3O. The smallest absolute Gasteiger partial charge is 0.269 e. The molecule has 0 radical (unpaired) electrons. The minimum absolute atomic E-state index is 0.0127. The number of H-pyrrole nitrogens is 1. The summed E-state index contributed by atoms with van der Waals surface area (Å²) < 4.78 is 0. The lowest BCUT2D eigenvalue weighted by molar-refractivity contribution is -0.00752. The van der Waals surface area contributed by atoms with Gasteiger partial charge in [-0.3, -0.25) is 4.79 Å². The van der Waals surface area contributed by atoms with Gasteiger partial charge in [-0.05, 0) is 63.2 Å². The first-order valence-electron chi connectivity index (χ1n) is 7.61. The van der Waals surface area contributed by atoms with E-state index < -0.39 is 0 Å². The van der Waals surface area contributed by atoms with Crippen LogP contribution in [0.15, 0.2) is 4.79 Å². The fourth-order valence-electron chi connectivity index (χ4n) is 5.47. The first-order valence-corrected chi connectivity index (χ1v) is 7.61. The summed E-state index contributed by atoms with van der Waals surface area (Å²) >= 11 is 0. The van der Waals surface area contributed by atoms with E-state index in [4.69, 9.17) is 0 Å². The van der Waals surface area contributed by atoms with Crippen molar-refractivity contribution in [3.8, 4) is 6.07 Å². The molecule has 0 amide bonds. The van der Waals surface area contributed by atoms with E-state index in [0.29, 0.717) is 5.82 Å². The number of aromatic amines is 1. The summed E-state index contributed by atoms with van der Waals surface area (Å²) in [4.78, 5) is 19.4. The zero-order valence-corrected chi connectivity index (χ0v) is 11.8. The Bertz CT molecular complexity index is 632. The predicted octanol–water partition coefficient (Wildman–Crippen LogP) is 2.42. The van der Waals surface area contributed by atoms with E-state index in [-0.39, 0.29) is 16.5 Å². The minimum Gasteiger partial charge on any atom is -0.310 e. The highest BCUT2D eigenvalue weighted by molar-refractivity contribution is 5.38. The Balaban J connectivity index is 1.89. The van der Waals surface area contributed by atoms with E-state index in [1.807, 2.05) is 6.92 Å². The first kappa shape index (κ1) is 12.1. The monoisotopic (exact) mass is 269 g/mol. The fourth-order valence-corrected chi connectivity index (χ4v) is 5.47. The Morgan fingerprint density at radius 2 is 1.75 bits per heavy atom. The molecule has 4 aliphatic carbocycles. The molecule has 1 heterocycles. The number of aryl methyl sites for hydroxylation is 1. The van der Waals surface area contributed by atoms with E-state index in [1.54, 1.807) is 0 Å². The van der Waals surface area contributed by atoms with E-state index >= 15 is 0 Å². The van der Waals surface area contributed by atoms with Crippen molar-refractivity contribution in [2.45, 2.75) is 50.9 Å². The molecule has 1 aromatic rings. The molecule has 4 fully saturated rings. The lowest BCUT2D eigenvalue weighted by Gasteiger charge is -2.56. The zero-order chi connectivity index (χ0) is 13.9. The van der Waals surface area contributed by atoms with Crippen LogP contribution < -0.4 is 5.56 Å². The number of nitriles is 1. The van der Waals surface area contributed by atoms with Gasteiger partial charge in [0.25, 0.3) is 5.56 Å². The summed E-state index contributed by atoms with van der Waals surface area (Å²) in [7, 11) is 0. The van der Waals surface area contributed by atoms with Gasteiger partial charge in [0.1, 0.15) is 17.5 Å². The van der Waals surface area contributed by atoms with Crippen LogP contribution in [-0.4, -0.2) is 9.97 Å². The molecule has 4 bridgehead atoms. The lowest BCUT2D eigenvalue weighted by Crippen LogP contribution is -2.50. The Morgan fingerprint density at radius 1 is 1.20 bits per heavy atom. The lowest BCUT2D eigenvalue weighted by atomic mass is 9.48. The predicted molar refractivity (Wildman–Crippen MR) is 74.2 cm³/mol. The molecule has 0 spiro atoms. The average Bonchev–Trinajstić information content (AvgIpc) is 2.36. The quantitative estimate of drug-likeness (QED) is 0.851. The van der Waals surface area contributed by atoms with Crippen LogP contribution in [0.25, 0.3) is 0 Å². The van der Waals surface area contributed by atoms with Gasteiger partial charge in [0.15, 0.2) is 0 Å². The van der Waals surface area contributed by atoms with Gasteiger partial charge in [-0.1, -0.05) is 0 Å². The third-order valence-electron chi connectivity index (χ3n) is 5.69. The number of aromatic nitrogens is 2. The van der Waals surface area contributed by atoms with Crippen molar-refractivity contribution in [2.24, 2.45) is 17.8 Å². The van der Waals surface area contributed by atoms with Crippen molar-refractivity contribution in [3.05, 3.63) is 27.4 Å². The molecule has 0 atom stereocenters. The Labute approximate surface area is 118 Å².